The second kappa shape index (κ2) is 6.50. The predicted octanol–water partition coefficient (Wildman–Crippen LogP) is 0.164. The minimum absolute atomic E-state index is 0.135. The molecule has 0 saturated carbocycles. The lowest BCUT2D eigenvalue weighted by molar-refractivity contribution is -0.148. The van der Waals surface area contributed by atoms with Gasteiger partial charge in [-0.25, -0.2) is 0 Å². The van der Waals surface area contributed by atoms with E-state index in [1.807, 2.05) is 14.1 Å². The second-order valence-electron chi connectivity index (χ2n) is 5.62. The highest BCUT2D eigenvalue weighted by Crippen LogP contribution is 2.24. The van der Waals surface area contributed by atoms with Gasteiger partial charge >= 0.3 is 5.97 Å². The highest BCUT2D eigenvalue weighted by atomic mass is 16.5. The first-order valence-electron chi connectivity index (χ1n) is 6.63. The summed E-state index contributed by atoms with van der Waals surface area (Å²) in [6, 6.07) is 0.465. The fourth-order valence-corrected chi connectivity index (χ4v) is 2.38. The summed E-state index contributed by atoms with van der Waals surface area (Å²) in [7, 11) is 5.53. The van der Waals surface area contributed by atoms with Crippen molar-refractivity contribution in [1.29, 1.82) is 0 Å². The maximum atomic E-state index is 12.1. The molecule has 0 aliphatic carbocycles. The predicted molar refractivity (Wildman–Crippen MR) is 72.6 cm³/mol. The molecule has 5 heteroatoms. The van der Waals surface area contributed by atoms with Crippen LogP contribution < -0.4 is 5.32 Å². The van der Waals surface area contributed by atoms with E-state index < -0.39 is 5.54 Å². The third-order valence-electron chi connectivity index (χ3n) is 3.63. The van der Waals surface area contributed by atoms with E-state index in [1.54, 1.807) is 0 Å². The molecule has 0 radical (unpaired) electrons. The molecule has 1 saturated heterocycles. The van der Waals surface area contributed by atoms with Gasteiger partial charge in [0.05, 0.1) is 7.11 Å². The Bertz CT molecular complexity index is 281. The van der Waals surface area contributed by atoms with Crippen LogP contribution in [0.1, 0.15) is 20.3 Å². The average Bonchev–Trinajstić information content (AvgIpc) is 2.73. The number of ether oxygens (including phenoxy) is 1. The number of methoxy groups -OCH3 is 1. The van der Waals surface area contributed by atoms with Crippen LogP contribution in [0.15, 0.2) is 0 Å². The number of carbonyl (C=O) groups is 1. The van der Waals surface area contributed by atoms with Crippen LogP contribution in [0.3, 0.4) is 0 Å². The minimum Gasteiger partial charge on any atom is -0.468 e. The van der Waals surface area contributed by atoms with Crippen LogP contribution in [-0.4, -0.2) is 74.7 Å². The van der Waals surface area contributed by atoms with Gasteiger partial charge in [-0.15, -0.1) is 0 Å². The number of carbonyl (C=O) groups excluding carboxylic acids is 1. The van der Waals surface area contributed by atoms with E-state index in [1.165, 1.54) is 7.11 Å². The third-order valence-corrected chi connectivity index (χ3v) is 3.63. The van der Waals surface area contributed by atoms with E-state index in [4.69, 9.17) is 4.74 Å². The van der Waals surface area contributed by atoms with E-state index in [2.05, 4.69) is 29.0 Å². The van der Waals surface area contributed by atoms with Gasteiger partial charge in [-0.3, -0.25) is 15.0 Å². The molecule has 1 unspecified atom stereocenters. The van der Waals surface area contributed by atoms with Crippen molar-refractivity contribution in [2.45, 2.75) is 31.8 Å². The minimum atomic E-state index is -0.519. The summed E-state index contributed by atoms with van der Waals surface area (Å²) >= 11 is 0. The molecule has 1 fully saturated rings. The zero-order valence-electron chi connectivity index (χ0n) is 12.3. The van der Waals surface area contributed by atoms with Crippen LogP contribution in [0.2, 0.25) is 0 Å². The molecule has 0 spiro atoms. The van der Waals surface area contributed by atoms with Gasteiger partial charge in [-0.1, -0.05) is 0 Å². The Morgan fingerprint density at radius 1 is 1.50 bits per heavy atom. The maximum absolute atomic E-state index is 12.1. The quantitative estimate of drug-likeness (QED) is 0.687. The summed E-state index contributed by atoms with van der Waals surface area (Å²) in [5.74, 6) is -0.135. The zero-order chi connectivity index (χ0) is 13.8. The lowest BCUT2D eigenvalue weighted by Gasteiger charge is -2.29. The maximum Gasteiger partial charge on any atom is 0.327 e. The van der Waals surface area contributed by atoms with Gasteiger partial charge in [-0.05, 0) is 34.4 Å². The number of nitrogens with one attached hydrogen (secondary N) is 1. The van der Waals surface area contributed by atoms with Crippen LogP contribution in [0.25, 0.3) is 0 Å². The lowest BCUT2D eigenvalue weighted by Crippen LogP contribution is -2.56. The summed E-state index contributed by atoms with van der Waals surface area (Å²) in [6.07, 6.45) is 0.825. The van der Waals surface area contributed by atoms with E-state index in [9.17, 15) is 4.79 Å². The van der Waals surface area contributed by atoms with Crippen molar-refractivity contribution in [3.63, 3.8) is 0 Å². The number of hydrogen-bond acceptors (Lipinski definition) is 5. The van der Waals surface area contributed by atoms with E-state index in [0.717, 1.165) is 32.6 Å². The van der Waals surface area contributed by atoms with Crippen molar-refractivity contribution >= 4 is 5.97 Å². The molecule has 1 aliphatic heterocycles. The second-order valence-corrected chi connectivity index (χ2v) is 5.62. The highest BCUT2D eigenvalue weighted by molar-refractivity contribution is 5.81. The summed E-state index contributed by atoms with van der Waals surface area (Å²) in [5.41, 5.74) is -0.519. The van der Waals surface area contributed by atoms with E-state index >= 15 is 0 Å². The van der Waals surface area contributed by atoms with Gasteiger partial charge in [0.1, 0.15) is 5.54 Å². The molecule has 0 aromatic carbocycles. The first kappa shape index (κ1) is 15.4. The molecule has 0 aromatic rings. The highest BCUT2D eigenvalue weighted by Gasteiger charge is 2.45. The molecule has 1 rings (SSSR count). The summed E-state index contributed by atoms with van der Waals surface area (Å²) in [4.78, 5) is 16.5. The van der Waals surface area contributed by atoms with Crippen LogP contribution in [-0.2, 0) is 9.53 Å². The van der Waals surface area contributed by atoms with Gasteiger partial charge in [-0.2, -0.15) is 0 Å². The number of esters is 1. The van der Waals surface area contributed by atoms with Gasteiger partial charge in [0, 0.05) is 32.2 Å². The van der Waals surface area contributed by atoms with Gasteiger partial charge in [0.25, 0.3) is 0 Å². The Balaban J connectivity index is 2.64. The number of likely N-dealkylation sites (tertiary alicyclic amines) is 1. The van der Waals surface area contributed by atoms with Crippen molar-refractivity contribution in [2.75, 3.05) is 47.4 Å². The van der Waals surface area contributed by atoms with Gasteiger partial charge in [0.2, 0.25) is 0 Å². The van der Waals surface area contributed by atoms with E-state index in [-0.39, 0.29) is 5.97 Å². The van der Waals surface area contributed by atoms with Crippen LogP contribution in [0, 0.1) is 0 Å². The standard InChI is InChI=1S/C13H27N3O2/c1-11(2)16-8-6-13(10-16,12(17)18-5)14-7-9-15(3)4/h11,14H,6-10H2,1-5H3. The summed E-state index contributed by atoms with van der Waals surface area (Å²) in [6.45, 7) is 7.72. The largest absolute Gasteiger partial charge is 0.468 e. The van der Waals surface area contributed by atoms with Crippen LogP contribution in [0.4, 0.5) is 0 Å². The zero-order valence-corrected chi connectivity index (χ0v) is 12.3. The lowest BCUT2D eigenvalue weighted by atomic mass is 9.98. The number of likely N-dealkylation sites (N-methyl/N-ethyl adjacent to an activating group) is 1. The first-order valence-corrected chi connectivity index (χ1v) is 6.63. The van der Waals surface area contributed by atoms with Crippen molar-refractivity contribution in [3.8, 4) is 0 Å². The van der Waals surface area contributed by atoms with Crippen molar-refractivity contribution in [3.05, 3.63) is 0 Å². The molecule has 18 heavy (non-hydrogen) atoms. The Labute approximate surface area is 110 Å². The SMILES string of the molecule is COC(=O)C1(NCCN(C)C)CCN(C(C)C)C1. The molecular formula is C13H27N3O2. The Kier molecular flexibility index (Phi) is 5.56. The molecule has 1 aliphatic rings. The number of hydrogen-bond donors (Lipinski definition) is 1. The molecule has 106 valence electrons. The first-order chi connectivity index (χ1) is 8.41. The Hall–Kier alpha value is -0.650. The topological polar surface area (TPSA) is 44.8 Å². The van der Waals surface area contributed by atoms with Crippen molar-refractivity contribution in [1.82, 2.24) is 15.1 Å². The number of rotatable bonds is 6. The van der Waals surface area contributed by atoms with E-state index in [0.29, 0.717) is 6.04 Å². The molecule has 0 bridgehead atoms. The molecule has 0 aromatic heterocycles. The normalized spacial score (nSPS) is 25.1. The average molecular weight is 257 g/mol. The number of nitrogens with zero attached hydrogens (tertiary/aromatic N) is 2. The fourth-order valence-electron chi connectivity index (χ4n) is 2.38. The third kappa shape index (κ3) is 3.67. The van der Waals surface area contributed by atoms with Gasteiger partial charge < -0.3 is 9.64 Å². The molecule has 5 nitrogen and oxygen atoms in total. The van der Waals surface area contributed by atoms with Crippen molar-refractivity contribution < 1.29 is 9.53 Å². The molecular weight excluding hydrogens is 230 g/mol. The smallest absolute Gasteiger partial charge is 0.327 e. The van der Waals surface area contributed by atoms with Crippen molar-refractivity contribution in [2.24, 2.45) is 0 Å². The monoisotopic (exact) mass is 257 g/mol. The molecule has 1 N–H and O–H groups in total. The fraction of sp³-hybridized carbons (Fsp3) is 0.923. The molecule has 0 amide bonds. The molecule has 1 heterocycles. The Morgan fingerprint density at radius 2 is 2.17 bits per heavy atom. The summed E-state index contributed by atoms with van der Waals surface area (Å²) in [5, 5.41) is 3.40. The van der Waals surface area contributed by atoms with Crippen LogP contribution in [0.5, 0.6) is 0 Å². The summed E-state index contributed by atoms with van der Waals surface area (Å²) < 4.78 is 4.98. The van der Waals surface area contributed by atoms with Gasteiger partial charge in [0.15, 0.2) is 0 Å². The Morgan fingerprint density at radius 3 is 2.61 bits per heavy atom. The molecule has 1 atom stereocenters. The van der Waals surface area contributed by atoms with Crippen LogP contribution >= 0.6 is 0 Å².